The maximum Gasteiger partial charge on any atom is 0.242 e. The highest BCUT2D eigenvalue weighted by atomic mass is 28.4. The van der Waals surface area contributed by atoms with Crippen molar-refractivity contribution in [2.45, 2.75) is 50.7 Å². The zero-order valence-corrected chi connectivity index (χ0v) is 13.7. The molecule has 2 N–H and O–H groups in total. The SMILES string of the molecule is CO[Si](CO)(CO)CCCCCCCCOCC1CO1. The second kappa shape index (κ2) is 10.7. The molecule has 0 aromatic rings. The number of aliphatic hydroxyl groups is 2. The number of epoxide rings is 1. The predicted octanol–water partition coefficient (Wildman–Crippen LogP) is 1.40. The summed E-state index contributed by atoms with van der Waals surface area (Å²) in [6, 6.07) is 0.848. The molecule has 0 radical (unpaired) electrons. The first-order valence-corrected chi connectivity index (χ1v) is 10.3. The summed E-state index contributed by atoms with van der Waals surface area (Å²) in [6.45, 7) is 2.47. The van der Waals surface area contributed by atoms with Gasteiger partial charge in [-0.25, -0.2) is 0 Å². The number of ether oxygens (including phenoxy) is 2. The molecule has 0 spiro atoms. The molecular weight excluding hydrogens is 276 g/mol. The minimum absolute atomic E-state index is 0.0159. The molecule has 20 heavy (non-hydrogen) atoms. The van der Waals surface area contributed by atoms with Crippen molar-refractivity contribution in [3.8, 4) is 0 Å². The van der Waals surface area contributed by atoms with Gasteiger partial charge >= 0.3 is 0 Å². The van der Waals surface area contributed by atoms with E-state index in [2.05, 4.69) is 0 Å². The van der Waals surface area contributed by atoms with Crippen LogP contribution in [-0.2, 0) is 13.9 Å². The minimum Gasteiger partial charge on any atom is -0.415 e. The predicted molar refractivity (Wildman–Crippen MR) is 80.0 cm³/mol. The van der Waals surface area contributed by atoms with Crippen molar-refractivity contribution < 1.29 is 24.1 Å². The van der Waals surface area contributed by atoms with Crippen LogP contribution in [0.4, 0.5) is 0 Å². The van der Waals surface area contributed by atoms with Crippen LogP contribution >= 0.6 is 0 Å². The molecule has 0 aliphatic carbocycles. The van der Waals surface area contributed by atoms with E-state index in [0.29, 0.717) is 6.10 Å². The second-order valence-corrected chi connectivity index (χ2v) is 9.51. The summed E-state index contributed by atoms with van der Waals surface area (Å²) in [6.07, 6.45) is 7.35. The zero-order valence-electron chi connectivity index (χ0n) is 12.7. The molecule has 1 unspecified atom stereocenters. The molecule has 1 fully saturated rings. The fraction of sp³-hybridized carbons (Fsp3) is 1.00. The third-order valence-corrected chi connectivity index (χ3v) is 7.17. The van der Waals surface area contributed by atoms with E-state index >= 15 is 0 Å². The molecule has 0 aromatic carbocycles. The van der Waals surface area contributed by atoms with Gasteiger partial charge in [0.1, 0.15) is 6.10 Å². The van der Waals surface area contributed by atoms with E-state index in [0.717, 1.165) is 45.1 Å². The van der Waals surface area contributed by atoms with Crippen LogP contribution in [0.5, 0.6) is 0 Å². The fourth-order valence-corrected chi connectivity index (χ4v) is 3.95. The molecule has 120 valence electrons. The largest absolute Gasteiger partial charge is 0.415 e. The summed E-state index contributed by atoms with van der Waals surface area (Å²) in [4.78, 5) is 0. The number of aliphatic hydroxyl groups excluding tert-OH is 2. The van der Waals surface area contributed by atoms with Gasteiger partial charge in [0.25, 0.3) is 0 Å². The molecule has 1 saturated heterocycles. The van der Waals surface area contributed by atoms with Crippen LogP contribution < -0.4 is 0 Å². The van der Waals surface area contributed by atoms with E-state index in [1.54, 1.807) is 7.11 Å². The summed E-state index contributed by atoms with van der Waals surface area (Å²) in [5.74, 6) is 0. The van der Waals surface area contributed by atoms with Gasteiger partial charge in [-0.2, -0.15) is 0 Å². The van der Waals surface area contributed by atoms with Gasteiger partial charge in [0, 0.05) is 13.7 Å². The highest BCUT2D eigenvalue weighted by Gasteiger charge is 2.31. The van der Waals surface area contributed by atoms with Crippen molar-refractivity contribution in [1.29, 1.82) is 0 Å². The molecule has 1 rings (SSSR count). The van der Waals surface area contributed by atoms with Crippen molar-refractivity contribution in [2.75, 3.05) is 39.4 Å². The van der Waals surface area contributed by atoms with Gasteiger partial charge < -0.3 is 24.1 Å². The Balaban J connectivity index is 1.83. The average Bonchev–Trinajstić information content (AvgIpc) is 3.30. The summed E-state index contributed by atoms with van der Waals surface area (Å²) >= 11 is 0. The van der Waals surface area contributed by atoms with Crippen LogP contribution in [-0.4, -0.2) is 64.0 Å². The Morgan fingerprint density at radius 3 is 2.20 bits per heavy atom. The van der Waals surface area contributed by atoms with E-state index in [9.17, 15) is 10.2 Å². The van der Waals surface area contributed by atoms with Crippen LogP contribution in [0, 0.1) is 0 Å². The number of rotatable bonds is 14. The van der Waals surface area contributed by atoms with Crippen molar-refractivity contribution in [2.24, 2.45) is 0 Å². The minimum atomic E-state index is -2.23. The molecule has 0 amide bonds. The Kier molecular flexibility index (Phi) is 9.67. The zero-order chi connectivity index (χ0) is 14.7. The number of unbranched alkanes of at least 4 members (excludes halogenated alkanes) is 5. The topological polar surface area (TPSA) is 71.5 Å². The van der Waals surface area contributed by atoms with Gasteiger partial charge in [0.15, 0.2) is 0 Å². The lowest BCUT2D eigenvalue weighted by atomic mass is 10.1. The lowest BCUT2D eigenvalue weighted by molar-refractivity contribution is 0.113. The van der Waals surface area contributed by atoms with Crippen molar-refractivity contribution in [3.05, 3.63) is 0 Å². The maximum absolute atomic E-state index is 9.30. The van der Waals surface area contributed by atoms with E-state index in [1.165, 1.54) is 19.3 Å². The highest BCUT2D eigenvalue weighted by Crippen LogP contribution is 2.16. The van der Waals surface area contributed by atoms with Gasteiger partial charge in [-0.05, 0) is 12.5 Å². The third-order valence-electron chi connectivity index (χ3n) is 3.89. The quantitative estimate of drug-likeness (QED) is 0.288. The highest BCUT2D eigenvalue weighted by molar-refractivity contribution is 6.73. The monoisotopic (exact) mass is 306 g/mol. The van der Waals surface area contributed by atoms with Crippen LogP contribution in [0.2, 0.25) is 6.04 Å². The molecule has 0 aromatic heterocycles. The van der Waals surface area contributed by atoms with Crippen molar-refractivity contribution in [1.82, 2.24) is 0 Å². The first-order chi connectivity index (χ1) is 9.76. The van der Waals surface area contributed by atoms with Crippen molar-refractivity contribution >= 4 is 8.32 Å². The van der Waals surface area contributed by atoms with Crippen molar-refractivity contribution in [3.63, 3.8) is 0 Å². The second-order valence-electron chi connectivity index (χ2n) is 5.60. The van der Waals surface area contributed by atoms with Gasteiger partial charge in [0.05, 0.1) is 25.7 Å². The smallest absolute Gasteiger partial charge is 0.242 e. The molecule has 1 heterocycles. The first kappa shape index (κ1) is 18.1. The molecule has 5 nitrogen and oxygen atoms in total. The first-order valence-electron chi connectivity index (χ1n) is 7.72. The van der Waals surface area contributed by atoms with Gasteiger partial charge in [-0.15, -0.1) is 0 Å². The summed E-state index contributed by atoms with van der Waals surface area (Å²) in [5.41, 5.74) is 0. The fourth-order valence-electron chi connectivity index (χ4n) is 2.18. The van der Waals surface area contributed by atoms with E-state index in [4.69, 9.17) is 13.9 Å². The lowest BCUT2D eigenvalue weighted by Gasteiger charge is -2.24. The molecule has 1 atom stereocenters. The Morgan fingerprint density at radius 2 is 1.65 bits per heavy atom. The Labute approximate surface area is 123 Å². The van der Waals surface area contributed by atoms with Crippen LogP contribution in [0.1, 0.15) is 38.5 Å². The van der Waals surface area contributed by atoms with Gasteiger partial charge in [-0.3, -0.25) is 0 Å². The number of hydrogen-bond donors (Lipinski definition) is 2. The Morgan fingerprint density at radius 1 is 1.05 bits per heavy atom. The maximum atomic E-state index is 9.30. The van der Waals surface area contributed by atoms with E-state index < -0.39 is 8.32 Å². The Hall–Kier alpha value is 0.0169. The Bertz CT molecular complexity index is 223. The number of hydrogen-bond acceptors (Lipinski definition) is 5. The van der Waals surface area contributed by atoms with Crippen LogP contribution in [0.3, 0.4) is 0 Å². The summed E-state index contributed by atoms with van der Waals surface area (Å²) in [5, 5.41) is 18.6. The van der Waals surface area contributed by atoms with Gasteiger partial charge in [0.2, 0.25) is 8.32 Å². The molecular formula is C14H30O5Si. The normalized spacial score (nSPS) is 18.4. The molecule has 0 saturated carbocycles. The average molecular weight is 306 g/mol. The lowest BCUT2D eigenvalue weighted by Crippen LogP contribution is -2.46. The van der Waals surface area contributed by atoms with Crippen LogP contribution in [0.25, 0.3) is 0 Å². The van der Waals surface area contributed by atoms with E-state index in [1.807, 2.05) is 0 Å². The van der Waals surface area contributed by atoms with E-state index in [-0.39, 0.29) is 12.5 Å². The standard InChI is InChI=1S/C14H30O5Si/c1-17-20(12-15,13-16)9-7-5-3-2-4-6-8-18-10-14-11-19-14/h14-16H,2-13H2,1H3. The van der Waals surface area contributed by atoms with Gasteiger partial charge in [-0.1, -0.05) is 32.1 Å². The third kappa shape index (κ3) is 7.71. The molecule has 6 heteroatoms. The van der Waals surface area contributed by atoms with Crippen LogP contribution in [0.15, 0.2) is 0 Å². The molecule has 1 aliphatic heterocycles. The summed E-state index contributed by atoms with van der Waals surface area (Å²) in [7, 11) is -0.627. The molecule has 0 bridgehead atoms. The summed E-state index contributed by atoms with van der Waals surface area (Å²) < 4.78 is 15.9. The molecule has 1 aliphatic rings.